The summed E-state index contributed by atoms with van der Waals surface area (Å²) in [5, 5.41) is 1.43. The maximum atomic E-state index is 3.38. The lowest BCUT2D eigenvalue weighted by Crippen LogP contribution is -2.04. The molecule has 0 saturated carbocycles. The van der Waals surface area contributed by atoms with Crippen molar-refractivity contribution in [3.8, 4) is 23.7 Å². The third-order valence-electron chi connectivity index (χ3n) is 3.22. The molecule has 0 radical (unpaired) electrons. The molecule has 1 aromatic carbocycles. The monoisotopic (exact) mass is 298 g/mol. The van der Waals surface area contributed by atoms with Crippen LogP contribution in [0.1, 0.15) is 52.4 Å². The highest BCUT2D eigenvalue weighted by atomic mass is 31.1. The normalized spacial score (nSPS) is 9.67. The van der Waals surface area contributed by atoms with Crippen LogP contribution in [0.25, 0.3) is 0 Å². The van der Waals surface area contributed by atoms with Crippen LogP contribution < -0.4 is 5.30 Å². The van der Waals surface area contributed by atoms with Gasteiger partial charge in [0.1, 0.15) is 0 Å². The van der Waals surface area contributed by atoms with Gasteiger partial charge in [0.25, 0.3) is 0 Å². The summed E-state index contributed by atoms with van der Waals surface area (Å²) in [5.41, 5.74) is 0. The van der Waals surface area contributed by atoms with Crippen molar-refractivity contribution >= 4 is 13.2 Å². The summed E-state index contributed by atoms with van der Waals surface area (Å²) >= 11 is 0. The van der Waals surface area contributed by atoms with E-state index in [0.29, 0.717) is 0 Å². The molecular weight excluding hydrogens is 271 g/mol. The second-order valence-electron chi connectivity index (χ2n) is 5.11. The Bertz CT molecular complexity index is 453. The molecule has 0 bridgehead atoms. The lowest BCUT2D eigenvalue weighted by atomic mass is 10.3. The van der Waals surface area contributed by atoms with E-state index in [2.05, 4.69) is 67.9 Å². The van der Waals surface area contributed by atoms with Crippen molar-refractivity contribution in [2.24, 2.45) is 0 Å². The predicted octanol–water partition coefficient (Wildman–Crippen LogP) is 5.18. The van der Waals surface area contributed by atoms with Crippen LogP contribution in [-0.2, 0) is 0 Å². The Labute approximate surface area is 132 Å². The van der Waals surface area contributed by atoms with Crippen LogP contribution in [0.5, 0.6) is 0 Å². The Morgan fingerprint density at radius 3 is 1.76 bits per heavy atom. The zero-order valence-corrected chi connectivity index (χ0v) is 14.4. The highest BCUT2D eigenvalue weighted by Gasteiger charge is 2.07. The standard InChI is InChI=1S/C20H27P/c1-3-5-7-9-14-18-21(19-15-10-8-6-4-2)20-16-12-11-13-17-20/h11-13,16-17H,3-8,18-19H2,1-2H3. The van der Waals surface area contributed by atoms with Crippen LogP contribution >= 0.6 is 7.92 Å². The minimum Gasteiger partial charge on any atom is -0.103 e. The maximum absolute atomic E-state index is 3.38. The van der Waals surface area contributed by atoms with Gasteiger partial charge in [-0.15, -0.1) is 11.8 Å². The second-order valence-corrected chi connectivity index (χ2v) is 7.33. The van der Waals surface area contributed by atoms with Gasteiger partial charge in [0.15, 0.2) is 0 Å². The summed E-state index contributed by atoms with van der Waals surface area (Å²) in [5.74, 6) is 13.4. The van der Waals surface area contributed by atoms with Crippen LogP contribution in [0.2, 0.25) is 0 Å². The lowest BCUT2D eigenvalue weighted by Gasteiger charge is -2.11. The summed E-state index contributed by atoms with van der Waals surface area (Å²) in [6, 6.07) is 10.8. The van der Waals surface area contributed by atoms with Crippen LogP contribution in [0, 0.1) is 23.7 Å². The number of rotatable bonds is 7. The third kappa shape index (κ3) is 8.60. The molecule has 0 amide bonds. The van der Waals surface area contributed by atoms with Crippen LogP contribution in [-0.4, -0.2) is 12.3 Å². The molecular formula is C20H27P. The first-order chi connectivity index (χ1) is 10.4. The molecule has 112 valence electrons. The Kier molecular flexibility index (Phi) is 10.6. The van der Waals surface area contributed by atoms with E-state index in [1.807, 2.05) is 0 Å². The molecule has 0 unspecified atom stereocenters. The smallest absolute Gasteiger partial charge is 0.0341 e. The fourth-order valence-corrected chi connectivity index (χ4v) is 3.56. The fraction of sp³-hybridized carbons (Fsp3) is 0.500. The van der Waals surface area contributed by atoms with Crippen LogP contribution in [0.3, 0.4) is 0 Å². The van der Waals surface area contributed by atoms with E-state index >= 15 is 0 Å². The molecule has 0 aliphatic rings. The van der Waals surface area contributed by atoms with Crippen molar-refractivity contribution < 1.29 is 0 Å². The molecule has 0 fully saturated rings. The molecule has 21 heavy (non-hydrogen) atoms. The Morgan fingerprint density at radius 2 is 1.29 bits per heavy atom. The number of hydrogen-bond acceptors (Lipinski definition) is 0. The van der Waals surface area contributed by atoms with Gasteiger partial charge < -0.3 is 0 Å². The van der Waals surface area contributed by atoms with E-state index in [4.69, 9.17) is 0 Å². The number of unbranched alkanes of at least 4 members (excludes halogenated alkanes) is 4. The zero-order chi connectivity index (χ0) is 15.2. The third-order valence-corrected chi connectivity index (χ3v) is 5.33. The van der Waals surface area contributed by atoms with Gasteiger partial charge in [-0.25, -0.2) is 0 Å². The molecule has 0 spiro atoms. The predicted molar refractivity (Wildman–Crippen MR) is 97.3 cm³/mol. The topological polar surface area (TPSA) is 0 Å². The van der Waals surface area contributed by atoms with Gasteiger partial charge in [-0.1, -0.05) is 76.8 Å². The summed E-state index contributed by atoms with van der Waals surface area (Å²) in [4.78, 5) is 0. The van der Waals surface area contributed by atoms with Crippen molar-refractivity contribution in [3.05, 3.63) is 30.3 Å². The van der Waals surface area contributed by atoms with Gasteiger partial charge in [-0.3, -0.25) is 0 Å². The molecule has 0 saturated heterocycles. The van der Waals surface area contributed by atoms with E-state index in [0.717, 1.165) is 25.2 Å². The quantitative estimate of drug-likeness (QED) is 0.369. The van der Waals surface area contributed by atoms with Crippen molar-refractivity contribution in [2.75, 3.05) is 12.3 Å². The second kappa shape index (κ2) is 12.5. The number of benzene rings is 1. The van der Waals surface area contributed by atoms with Crippen molar-refractivity contribution in [1.82, 2.24) is 0 Å². The van der Waals surface area contributed by atoms with E-state index in [9.17, 15) is 0 Å². The minimum atomic E-state index is -0.245. The van der Waals surface area contributed by atoms with Gasteiger partial charge in [0.05, 0.1) is 0 Å². The molecule has 0 aromatic heterocycles. The molecule has 0 atom stereocenters. The molecule has 0 heterocycles. The summed E-state index contributed by atoms with van der Waals surface area (Å²) in [7, 11) is -0.245. The van der Waals surface area contributed by atoms with Gasteiger partial charge in [-0.05, 0) is 18.1 Å². The van der Waals surface area contributed by atoms with E-state index in [1.54, 1.807) is 0 Å². The average Bonchev–Trinajstić information content (AvgIpc) is 2.53. The summed E-state index contributed by atoms with van der Waals surface area (Å²) in [6.45, 7) is 4.43. The Balaban J connectivity index is 2.57. The molecule has 0 nitrogen and oxygen atoms in total. The average molecular weight is 298 g/mol. The van der Waals surface area contributed by atoms with Crippen LogP contribution in [0.4, 0.5) is 0 Å². The summed E-state index contributed by atoms with van der Waals surface area (Å²) in [6.07, 6.45) is 8.94. The first-order valence-electron chi connectivity index (χ1n) is 8.10. The first-order valence-corrected chi connectivity index (χ1v) is 9.81. The first kappa shape index (κ1) is 17.8. The Hall–Kier alpha value is -1.23. The van der Waals surface area contributed by atoms with Gasteiger partial charge in [0.2, 0.25) is 0 Å². The van der Waals surface area contributed by atoms with Crippen molar-refractivity contribution in [2.45, 2.75) is 52.4 Å². The Morgan fingerprint density at radius 1 is 0.762 bits per heavy atom. The van der Waals surface area contributed by atoms with E-state index < -0.39 is 0 Å². The maximum Gasteiger partial charge on any atom is 0.0341 e. The van der Waals surface area contributed by atoms with Gasteiger partial charge in [-0.2, -0.15) is 0 Å². The highest BCUT2D eigenvalue weighted by Crippen LogP contribution is 2.32. The molecule has 0 N–H and O–H groups in total. The molecule has 0 aliphatic carbocycles. The minimum absolute atomic E-state index is 0.245. The largest absolute Gasteiger partial charge is 0.103 e. The molecule has 1 rings (SSSR count). The van der Waals surface area contributed by atoms with E-state index in [-0.39, 0.29) is 7.92 Å². The summed E-state index contributed by atoms with van der Waals surface area (Å²) < 4.78 is 0. The number of hydrogen-bond donors (Lipinski definition) is 0. The fourth-order valence-electron chi connectivity index (χ4n) is 1.89. The van der Waals surface area contributed by atoms with Gasteiger partial charge in [0, 0.05) is 25.2 Å². The van der Waals surface area contributed by atoms with Crippen molar-refractivity contribution in [1.29, 1.82) is 0 Å². The molecule has 1 heteroatoms. The van der Waals surface area contributed by atoms with Crippen LogP contribution in [0.15, 0.2) is 30.3 Å². The molecule has 0 aliphatic heterocycles. The van der Waals surface area contributed by atoms with E-state index in [1.165, 1.54) is 31.0 Å². The highest BCUT2D eigenvalue weighted by molar-refractivity contribution is 7.66. The van der Waals surface area contributed by atoms with Crippen molar-refractivity contribution in [3.63, 3.8) is 0 Å². The lowest BCUT2D eigenvalue weighted by molar-refractivity contribution is 0.828. The molecule has 1 aromatic rings. The zero-order valence-electron chi connectivity index (χ0n) is 13.5. The van der Waals surface area contributed by atoms with Gasteiger partial charge >= 0.3 is 0 Å². The SMILES string of the molecule is CCCCC#CCP(CC#CCCCC)c1ccccc1.